The highest BCUT2D eigenvalue weighted by Crippen LogP contribution is 2.30. The number of aromatic nitrogens is 2. The zero-order valence-corrected chi connectivity index (χ0v) is 21.0. The molecule has 8 heteroatoms. The minimum atomic E-state index is -0.0795. The predicted octanol–water partition coefficient (Wildman–Crippen LogP) is 5.97. The zero-order valence-electron chi connectivity index (χ0n) is 18.7. The quantitative estimate of drug-likeness (QED) is 0.292. The number of methoxy groups -OCH3 is 1. The molecule has 34 heavy (non-hydrogen) atoms. The molecule has 3 aromatic carbocycles. The summed E-state index contributed by atoms with van der Waals surface area (Å²) in [6.45, 7) is 4.31. The Bertz CT molecular complexity index is 1670. The van der Waals surface area contributed by atoms with E-state index in [4.69, 9.17) is 37.7 Å². The number of hydrogen-bond acceptors (Lipinski definition) is 5. The standard InChI is InChI=1S/C26H20Cl2N2O3S/c1-14-8-15(2)24-20(9-14)30-25(31)23(34-26(30)29-24)11-16-4-7-21(22(10-16)32-3)33-13-17-5-6-18(27)12-19(17)28/h4-12H,13H2,1-3H3/b23-11-. The Labute approximate surface area is 209 Å². The second-order valence-electron chi connectivity index (χ2n) is 8.03. The Morgan fingerprint density at radius 1 is 1.06 bits per heavy atom. The summed E-state index contributed by atoms with van der Waals surface area (Å²) in [4.78, 5) is 18.6. The maximum Gasteiger partial charge on any atom is 0.274 e. The lowest BCUT2D eigenvalue weighted by atomic mass is 10.1. The second kappa shape index (κ2) is 8.95. The summed E-state index contributed by atoms with van der Waals surface area (Å²) in [6, 6.07) is 14.9. The highest BCUT2D eigenvalue weighted by Gasteiger charge is 2.14. The van der Waals surface area contributed by atoms with Crippen LogP contribution in [0, 0.1) is 13.8 Å². The summed E-state index contributed by atoms with van der Waals surface area (Å²) in [5, 5.41) is 1.11. The number of halogens is 2. The Kier molecular flexibility index (Phi) is 5.98. The van der Waals surface area contributed by atoms with Gasteiger partial charge in [0.2, 0.25) is 0 Å². The van der Waals surface area contributed by atoms with Gasteiger partial charge < -0.3 is 9.47 Å². The van der Waals surface area contributed by atoms with Gasteiger partial charge in [0.25, 0.3) is 5.56 Å². The average Bonchev–Trinajstić information content (AvgIpc) is 3.30. The third-order valence-electron chi connectivity index (χ3n) is 5.56. The fourth-order valence-corrected chi connectivity index (χ4v) is 5.39. The molecule has 5 nitrogen and oxygen atoms in total. The van der Waals surface area contributed by atoms with Gasteiger partial charge in [0.15, 0.2) is 16.5 Å². The Morgan fingerprint density at radius 2 is 1.88 bits per heavy atom. The van der Waals surface area contributed by atoms with E-state index in [0.717, 1.165) is 33.3 Å². The molecule has 0 radical (unpaired) electrons. The fraction of sp³-hybridized carbons (Fsp3) is 0.154. The van der Waals surface area contributed by atoms with Gasteiger partial charge in [-0.3, -0.25) is 4.79 Å². The van der Waals surface area contributed by atoms with Crippen LogP contribution in [0.15, 0.2) is 53.3 Å². The van der Waals surface area contributed by atoms with E-state index in [1.165, 1.54) is 11.3 Å². The maximum absolute atomic E-state index is 13.2. The Morgan fingerprint density at radius 3 is 2.65 bits per heavy atom. The monoisotopic (exact) mass is 510 g/mol. The molecule has 2 heterocycles. The smallest absolute Gasteiger partial charge is 0.274 e. The van der Waals surface area contributed by atoms with Crippen molar-refractivity contribution < 1.29 is 9.47 Å². The highest BCUT2D eigenvalue weighted by atomic mass is 35.5. The lowest BCUT2D eigenvalue weighted by Gasteiger charge is -2.12. The molecule has 0 aliphatic heterocycles. The zero-order chi connectivity index (χ0) is 24.0. The number of nitrogens with zero attached hydrogens (tertiary/aromatic N) is 2. The Balaban J connectivity index is 1.49. The highest BCUT2D eigenvalue weighted by molar-refractivity contribution is 7.15. The van der Waals surface area contributed by atoms with Gasteiger partial charge in [0.1, 0.15) is 6.61 Å². The predicted molar refractivity (Wildman–Crippen MR) is 139 cm³/mol. The van der Waals surface area contributed by atoms with Gasteiger partial charge in [-0.2, -0.15) is 0 Å². The van der Waals surface area contributed by atoms with E-state index < -0.39 is 0 Å². The van der Waals surface area contributed by atoms with Crippen molar-refractivity contribution in [1.82, 2.24) is 9.38 Å². The number of hydrogen-bond donors (Lipinski definition) is 0. The molecular formula is C26H20Cl2N2O3S. The molecule has 0 aliphatic rings. The number of aryl methyl sites for hydroxylation is 2. The van der Waals surface area contributed by atoms with Gasteiger partial charge in [-0.15, -0.1) is 0 Å². The van der Waals surface area contributed by atoms with Gasteiger partial charge in [0.05, 0.1) is 22.7 Å². The SMILES string of the molecule is COc1cc(/C=c2\sc3nc4c(C)cc(C)cc4n3c2=O)ccc1OCc1ccc(Cl)cc1Cl. The van der Waals surface area contributed by atoms with Crippen molar-refractivity contribution in [2.24, 2.45) is 0 Å². The number of thiazole rings is 1. The van der Waals surface area contributed by atoms with Crippen LogP contribution in [0.3, 0.4) is 0 Å². The molecule has 0 atom stereocenters. The molecular weight excluding hydrogens is 491 g/mol. The number of rotatable bonds is 5. The molecule has 0 N–H and O–H groups in total. The summed E-state index contributed by atoms with van der Waals surface area (Å²) in [5.74, 6) is 1.13. The van der Waals surface area contributed by atoms with Crippen molar-refractivity contribution in [1.29, 1.82) is 0 Å². The minimum absolute atomic E-state index is 0.0795. The van der Waals surface area contributed by atoms with E-state index in [2.05, 4.69) is 6.07 Å². The minimum Gasteiger partial charge on any atom is -0.493 e. The summed E-state index contributed by atoms with van der Waals surface area (Å²) in [6.07, 6.45) is 1.85. The largest absolute Gasteiger partial charge is 0.493 e. The normalized spacial score (nSPS) is 12.1. The molecule has 0 spiro atoms. The van der Waals surface area contributed by atoms with Crippen molar-refractivity contribution >= 4 is 56.6 Å². The van der Waals surface area contributed by atoms with Crippen LogP contribution in [0.2, 0.25) is 10.0 Å². The number of fused-ring (bicyclic) bond motifs is 3. The Hall–Kier alpha value is -3.06. The van der Waals surface area contributed by atoms with Crippen LogP contribution in [-0.4, -0.2) is 16.5 Å². The number of ether oxygens (including phenoxy) is 2. The van der Waals surface area contributed by atoms with Crippen molar-refractivity contribution in [3.05, 3.63) is 95.7 Å². The molecule has 0 saturated heterocycles. The van der Waals surface area contributed by atoms with Crippen molar-refractivity contribution in [2.45, 2.75) is 20.5 Å². The van der Waals surface area contributed by atoms with Crippen LogP contribution in [0.25, 0.3) is 22.1 Å². The van der Waals surface area contributed by atoms with E-state index in [1.807, 2.05) is 50.3 Å². The van der Waals surface area contributed by atoms with Crippen LogP contribution in [-0.2, 0) is 6.61 Å². The van der Waals surface area contributed by atoms with Crippen LogP contribution >= 0.6 is 34.5 Å². The van der Waals surface area contributed by atoms with Crippen molar-refractivity contribution in [3.63, 3.8) is 0 Å². The molecule has 5 aromatic rings. The molecule has 2 aromatic heterocycles. The second-order valence-corrected chi connectivity index (χ2v) is 9.88. The molecule has 172 valence electrons. The summed E-state index contributed by atoms with van der Waals surface area (Å²) in [7, 11) is 1.58. The molecule has 0 bridgehead atoms. The number of benzene rings is 3. The maximum atomic E-state index is 13.2. The lowest BCUT2D eigenvalue weighted by Crippen LogP contribution is -2.22. The number of imidazole rings is 1. The van der Waals surface area contributed by atoms with E-state index in [9.17, 15) is 4.79 Å². The van der Waals surface area contributed by atoms with Gasteiger partial charge >= 0.3 is 0 Å². The first-order valence-corrected chi connectivity index (χ1v) is 12.1. The van der Waals surface area contributed by atoms with Gasteiger partial charge in [-0.25, -0.2) is 9.38 Å². The van der Waals surface area contributed by atoms with E-state index >= 15 is 0 Å². The van der Waals surface area contributed by atoms with Crippen LogP contribution in [0.4, 0.5) is 0 Å². The van der Waals surface area contributed by atoms with Crippen molar-refractivity contribution in [3.8, 4) is 11.5 Å². The first kappa shape index (κ1) is 22.7. The summed E-state index contributed by atoms with van der Waals surface area (Å²) < 4.78 is 13.8. The van der Waals surface area contributed by atoms with Crippen LogP contribution < -0.4 is 19.6 Å². The average molecular weight is 511 g/mol. The first-order chi connectivity index (χ1) is 16.3. The molecule has 0 amide bonds. The fourth-order valence-electron chi connectivity index (χ4n) is 3.95. The molecule has 0 saturated carbocycles. The third-order valence-corrected chi connectivity index (χ3v) is 7.12. The van der Waals surface area contributed by atoms with Gasteiger partial charge in [-0.05, 0) is 66.9 Å². The summed E-state index contributed by atoms with van der Waals surface area (Å²) >= 11 is 13.6. The third kappa shape index (κ3) is 4.13. The van der Waals surface area contributed by atoms with E-state index in [-0.39, 0.29) is 12.2 Å². The first-order valence-electron chi connectivity index (χ1n) is 10.5. The van der Waals surface area contributed by atoms with Gasteiger partial charge in [-0.1, -0.05) is 52.7 Å². The van der Waals surface area contributed by atoms with E-state index in [1.54, 1.807) is 23.6 Å². The van der Waals surface area contributed by atoms with E-state index in [0.29, 0.717) is 31.0 Å². The molecule has 5 rings (SSSR count). The van der Waals surface area contributed by atoms with Crippen LogP contribution in [0.5, 0.6) is 11.5 Å². The van der Waals surface area contributed by atoms with Crippen molar-refractivity contribution in [2.75, 3.05) is 7.11 Å². The summed E-state index contributed by atoms with van der Waals surface area (Å²) in [5.41, 5.74) is 5.44. The van der Waals surface area contributed by atoms with Gasteiger partial charge in [0, 0.05) is 15.6 Å². The molecule has 0 fully saturated rings. The molecule has 0 unspecified atom stereocenters. The van der Waals surface area contributed by atoms with Crippen LogP contribution in [0.1, 0.15) is 22.3 Å². The topological polar surface area (TPSA) is 52.8 Å². The lowest BCUT2D eigenvalue weighted by molar-refractivity contribution is 0.284. The molecule has 0 aliphatic carbocycles.